The molecule has 0 amide bonds. The molecule has 0 aromatic heterocycles. The van der Waals surface area contributed by atoms with E-state index in [1.807, 2.05) is 0 Å². The zero-order valence-electron chi connectivity index (χ0n) is 9.60. The maximum atomic E-state index is 10.5. The topological polar surface area (TPSA) is 70.0 Å². The second kappa shape index (κ2) is 7.60. The molecule has 5 heteroatoms. The molecule has 0 aromatic rings. The van der Waals surface area contributed by atoms with Crippen molar-refractivity contribution in [1.29, 1.82) is 0 Å². The highest BCUT2D eigenvalue weighted by atomic mass is 16.5. The van der Waals surface area contributed by atoms with Gasteiger partial charge in [-0.3, -0.25) is 9.69 Å². The maximum absolute atomic E-state index is 10.5. The number of hydrogen-bond donors (Lipinski definition) is 2. The summed E-state index contributed by atoms with van der Waals surface area (Å²) < 4.78 is 5.38. The van der Waals surface area contributed by atoms with Gasteiger partial charge >= 0.3 is 5.97 Å². The molecule has 2 N–H and O–H groups in total. The lowest BCUT2D eigenvalue weighted by Crippen LogP contribution is -2.43. The van der Waals surface area contributed by atoms with Crippen molar-refractivity contribution in [1.82, 2.24) is 4.90 Å². The molecular weight excluding hydrogens is 210 g/mol. The Bertz CT molecular complexity index is 210. The van der Waals surface area contributed by atoms with Gasteiger partial charge in [0, 0.05) is 19.7 Å². The van der Waals surface area contributed by atoms with Crippen LogP contribution >= 0.6 is 0 Å². The molecule has 1 aliphatic heterocycles. The van der Waals surface area contributed by atoms with Crippen LogP contribution < -0.4 is 0 Å². The number of aliphatic hydroxyl groups is 1. The highest BCUT2D eigenvalue weighted by molar-refractivity contribution is 5.67. The summed E-state index contributed by atoms with van der Waals surface area (Å²) in [6.45, 7) is 3.45. The highest BCUT2D eigenvalue weighted by Crippen LogP contribution is 2.10. The quantitative estimate of drug-likeness (QED) is 0.618. The Morgan fingerprint density at radius 3 is 2.88 bits per heavy atom. The molecular formula is C11H21NO4. The summed E-state index contributed by atoms with van der Waals surface area (Å²) in [5.74, 6) is -0.799. The molecule has 0 bridgehead atoms. The van der Waals surface area contributed by atoms with Crippen LogP contribution in [0.3, 0.4) is 0 Å². The smallest absolute Gasteiger partial charge is 0.306 e. The van der Waals surface area contributed by atoms with Gasteiger partial charge in [-0.1, -0.05) is 0 Å². The number of hydrogen-bond acceptors (Lipinski definition) is 4. The number of aliphatic carboxylic acids is 1. The Kier molecular flexibility index (Phi) is 6.37. The molecule has 1 rings (SSSR count). The van der Waals surface area contributed by atoms with Gasteiger partial charge in [0.05, 0.1) is 19.1 Å². The van der Waals surface area contributed by atoms with E-state index in [1.165, 1.54) is 0 Å². The lowest BCUT2D eigenvalue weighted by Gasteiger charge is -2.32. The third kappa shape index (κ3) is 5.44. The van der Waals surface area contributed by atoms with Crippen molar-refractivity contribution in [3.8, 4) is 0 Å². The number of aliphatic hydroxyl groups excluding tert-OH is 1. The molecule has 0 aromatic carbocycles. The van der Waals surface area contributed by atoms with Crippen LogP contribution in [0.2, 0.25) is 0 Å². The van der Waals surface area contributed by atoms with Gasteiger partial charge in [0.15, 0.2) is 0 Å². The molecule has 1 unspecified atom stereocenters. The van der Waals surface area contributed by atoms with Crippen LogP contribution in [0.15, 0.2) is 0 Å². The van der Waals surface area contributed by atoms with Crippen molar-refractivity contribution in [2.45, 2.75) is 31.8 Å². The van der Waals surface area contributed by atoms with Gasteiger partial charge < -0.3 is 14.9 Å². The van der Waals surface area contributed by atoms with Crippen molar-refractivity contribution >= 4 is 5.97 Å². The van der Waals surface area contributed by atoms with Crippen molar-refractivity contribution in [3.05, 3.63) is 0 Å². The van der Waals surface area contributed by atoms with Crippen molar-refractivity contribution in [2.75, 3.05) is 32.8 Å². The highest BCUT2D eigenvalue weighted by Gasteiger charge is 2.21. The van der Waals surface area contributed by atoms with E-state index in [0.717, 1.165) is 32.4 Å². The fourth-order valence-electron chi connectivity index (χ4n) is 1.93. The third-order valence-corrected chi connectivity index (χ3v) is 2.76. The molecule has 1 aliphatic rings. The summed E-state index contributed by atoms with van der Waals surface area (Å²) in [6, 6.07) is 0. The summed E-state index contributed by atoms with van der Waals surface area (Å²) >= 11 is 0. The number of carboxylic acids is 1. The molecule has 0 radical (unpaired) electrons. The monoisotopic (exact) mass is 231 g/mol. The van der Waals surface area contributed by atoms with Crippen molar-refractivity contribution < 1.29 is 19.7 Å². The Balaban J connectivity index is 2.14. The number of morpholine rings is 1. The van der Waals surface area contributed by atoms with Crippen LogP contribution in [-0.2, 0) is 9.53 Å². The third-order valence-electron chi connectivity index (χ3n) is 2.76. The number of carboxylic acid groups (broad SMARTS) is 1. The molecule has 0 aliphatic carbocycles. The maximum Gasteiger partial charge on any atom is 0.306 e. The first-order valence-electron chi connectivity index (χ1n) is 5.89. The standard InChI is InChI=1S/C11H21NO4/c13-6-3-1-2-4-12-5-7-16-10(9-12)8-11(14)15/h10,13H,1-9H2,(H,14,15). The molecule has 16 heavy (non-hydrogen) atoms. The molecule has 1 heterocycles. The first kappa shape index (κ1) is 13.4. The molecule has 1 saturated heterocycles. The summed E-state index contributed by atoms with van der Waals surface area (Å²) in [5, 5.41) is 17.3. The van der Waals surface area contributed by atoms with E-state index in [1.54, 1.807) is 0 Å². The van der Waals surface area contributed by atoms with Crippen LogP contribution in [-0.4, -0.2) is 60.0 Å². The van der Waals surface area contributed by atoms with Crippen LogP contribution in [0.5, 0.6) is 0 Å². The predicted molar refractivity (Wildman–Crippen MR) is 59.4 cm³/mol. The number of ether oxygens (including phenoxy) is 1. The average Bonchev–Trinajstić information content (AvgIpc) is 2.24. The van der Waals surface area contributed by atoms with Crippen LogP contribution in [0.1, 0.15) is 25.7 Å². The summed E-state index contributed by atoms with van der Waals surface area (Å²) in [4.78, 5) is 12.8. The van der Waals surface area contributed by atoms with E-state index in [2.05, 4.69) is 4.90 Å². The lowest BCUT2D eigenvalue weighted by molar-refractivity contribution is -0.142. The normalized spacial score (nSPS) is 22.2. The van der Waals surface area contributed by atoms with E-state index in [4.69, 9.17) is 14.9 Å². The lowest BCUT2D eigenvalue weighted by atomic mass is 10.2. The van der Waals surface area contributed by atoms with Gasteiger partial charge in [0.25, 0.3) is 0 Å². The SMILES string of the molecule is O=C(O)CC1CN(CCCCCO)CCO1. The van der Waals surface area contributed by atoms with Crippen molar-refractivity contribution in [2.24, 2.45) is 0 Å². The summed E-state index contributed by atoms with van der Waals surface area (Å²) in [6.07, 6.45) is 2.86. The molecule has 5 nitrogen and oxygen atoms in total. The fraction of sp³-hybridized carbons (Fsp3) is 0.909. The van der Waals surface area contributed by atoms with E-state index >= 15 is 0 Å². The zero-order chi connectivity index (χ0) is 11.8. The van der Waals surface area contributed by atoms with Gasteiger partial charge in [-0.2, -0.15) is 0 Å². The largest absolute Gasteiger partial charge is 0.481 e. The predicted octanol–water partition coefficient (Wildman–Crippen LogP) is 0.324. The number of carbonyl (C=O) groups is 1. The van der Waals surface area contributed by atoms with Crippen LogP contribution in [0.4, 0.5) is 0 Å². The Hall–Kier alpha value is -0.650. The fourth-order valence-corrected chi connectivity index (χ4v) is 1.93. The average molecular weight is 231 g/mol. The molecule has 0 saturated carbocycles. The van der Waals surface area contributed by atoms with E-state index in [0.29, 0.717) is 13.2 Å². The van der Waals surface area contributed by atoms with Gasteiger partial charge in [-0.05, 0) is 25.8 Å². The van der Waals surface area contributed by atoms with E-state index < -0.39 is 5.97 Å². The summed E-state index contributed by atoms with van der Waals surface area (Å²) in [5.41, 5.74) is 0. The molecule has 1 atom stereocenters. The van der Waals surface area contributed by atoms with E-state index in [-0.39, 0.29) is 19.1 Å². The number of nitrogens with zero attached hydrogens (tertiary/aromatic N) is 1. The van der Waals surface area contributed by atoms with Gasteiger partial charge in [0.2, 0.25) is 0 Å². The van der Waals surface area contributed by atoms with Gasteiger partial charge in [-0.15, -0.1) is 0 Å². The number of unbranched alkanes of at least 4 members (excludes halogenated alkanes) is 2. The van der Waals surface area contributed by atoms with Gasteiger partial charge in [-0.25, -0.2) is 0 Å². The number of rotatable bonds is 7. The second-order valence-corrected chi connectivity index (χ2v) is 4.18. The first-order chi connectivity index (χ1) is 7.72. The Labute approximate surface area is 96.0 Å². The molecule has 0 spiro atoms. The Morgan fingerprint density at radius 1 is 1.38 bits per heavy atom. The minimum Gasteiger partial charge on any atom is -0.481 e. The van der Waals surface area contributed by atoms with Crippen LogP contribution in [0.25, 0.3) is 0 Å². The van der Waals surface area contributed by atoms with Crippen LogP contribution in [0, 0.1) is 0 Å². The van der Waals surface area contributed by atoms with Crippen molar-refractivity contribution in [3.63, 3.8) is 0 Å². The Morgan fingerprint density at radius 2 is 2.19 bits per heavy atom. The van der Waals surface area contributed by atoms with Gasteiger partial charge in [0.1, 0.15) is 0 Å². The molecule has 1 fully saturated rings. The minimum atomic E-state index is -0.799. The van der Waals surface area contributed by atoms with E-state index in [9.17, 15) is 4.79 Å². The molecule has 94 valence electrons. The summed E-state index contributed by atoms with van der Waals surface area (Å²) in [7, 11) is 0. The minimum absolute atomic E-state index is 0.0904. The zero-order valence-corrected chi connectivity index (χ0v) is 9.60. The first-order valence-corrected chi connectivity index (χ1v) is 5.89. The second-order valence-electron chi connectivity index (χ2n) is 4.18.